The summed E-state index contributed by atoms with van der Waals surface area (Å²) in [4.78, 5) is 21.9. The summed E-state index contributed by atoms with van der Waals surface area (Å²) in [6, 6.07) is 12.2. The van der Waals surface area contributed by atoms with Gasteiger partial charge in [-0.25, -0.2) is 14.1 Å². The Kier molecular flexibility index (Phi) is 4.94. The largest absolute Gasteiger partial charge is 0.353 e. The van der Waals surface area contributed by atoms with Gasteiger partial charge in [0.1, 0.15) is 11.6 Å². The summed E-state index contributed by atoms with van der Waals surface area (Å²) in [7, 11) is 0. The van der Waals surface area contributed by atoms with E-state index in [1.165, 1.54) is 12.1 Å². The van der Waals surface area contributed by atoms with Gasteiger partial charge in [0.25, 0.3) is 5.91 Å². The Morgan fingerprint density at radius 1 is 0.933 bits per heavy atom. The summed E-state index contributed by atoms with van der Waals surface area (Å²) in [6.07, 6.45) is 5.69. The maximum absolute atomic E-state index is 13.4. The lowest BCUT2D eigenvalue weighted by atomic mass is 9.95. The predicted octanol–water partition coefficient (Wildman–Crippen LogP) is 3.25. The molecule has 0 N–H and O–H groups in total. The van der Waals surface area contributed by atoms with Gasteiger partial charge in [-0.3, -0.25) is 4.79 Å². The number of rotatable bonds is 3. The third kappa shape index (κ3) is 3.44. The number of halogens is 1. The second-order valence-corrected chi connectivity index (χ2v) is 7.84. The SMILES string of the molecule is O=C(c1nn(-c2ccc(F)cc2)c2c1CCCC2)N1CCN(c2ccccn2)CC1. The van der Waals surface area contributed by atoms with Gasteiger partial charge in [-0.2, -0.15) is 5.10 Å². The number of anilines is 1. The van der Waals surface area contributed by atoms with Crippen LogP contribution in [0.3, 0.4) is 0 Å². The lowest BCUT2D eigenvalue weighted by Crippen LogP contribution is -2.49. The minimum Gasteiger partial charge on any atom is -0.353 e. The molecule has 0 spiro atoms. The minimum absolute atomic E-state index is 0.00492. The van der Waals surface area contributed by atoms with Gasteiger partial charge in [-0.1, -0.05) is 6.07 Å². The fourth-order valence-electron chi connectivity index (χ4n) is 4.40. The van der Waals surface area contributed by atoms with E-state index in [1.54, 1.807) is 18.3 Å². The molecule has 1 aliphatic heterocycles. The first-order chi connectivity index (χ1) is 14.7. The van der Waals surface area contributed by atoms with Gasteiger partial charge < -0.3 is 9.80 Å². The van der Waals surface area contributed by atoms with Crippen LogP contribution >= 0.6 is 0 Å². The van der Waals surface area contributed by atoms with Crippen LogP contribution in [0.2, 0.25) is 0 Å². The molecule has 0 saturated carbocycles. The molecule has 154 valence electrons. The lowest BCUT2D eigenvalue weighted by Gasteiger charge is -2.35. The van der Waals surface area contributed by atoms with E-state index in [0.29, 0.717) is 18.8 Å². The number of hydrogen-bond donors (Lipinski definition) is 0. The van der Waals surface area contributed by atoms with E-state index in [-0.39, 0.29) is 11.7 Å². The first-order valence-corrected chi connectivity index (χ1v) is 10.5. The molecule has 0 bridgehead atoms. The van der Waals surface area contributed by atoms with Crippen molar-refractivity contribution < 1.29 is 9.18 Å². The van der Waals surface area contributed by atoms with Crippen molar-refractivity contribution in [1.29, 1.82) is 0 Å². The summed E-state index contributed by atoms with van der Waals surface area (Å²) in [6.45, 7) is 2.80. The maximum atomic E-state index is 13.4. The number of benzene rings is 1. The standard InChI is InChI=1S/C23H24FN5O/c24-17-8-10-18(11-9-17)29-20-6-2-1-5-19(20)22(26-29)23(30)28-15-13-27(14-16-28)21-7-3-4-12-25-21/h3-4,7-12H,1-2,5-6,13-16H2. The van der Waals surface area contributed by atoms with Crippen molar-refractivity contribution in [2.75, 3.05) is 31.1 Å². The summed E-state index contributed by atoms with van der Waals surface area (Å²) in [5.74, 6) is 0.666. The number of nitrogens with zero attached hydrogens (tertiary/aromatic N) is 5. The summed E-state index contributed by atoms with van der Waals surface area (Å²) < 4.78 is 15.2. The second kappa shape index (κ2) is 7.89. The molecule has 0 unspecified atom stereocenters. The molecular weight excluding hydrogens is 381 g/mol. The Hall–Kier alpha value is -3.22. The Morgan fingerprint density at radius 2 is 1.70 bits per heavy atom. The van der Waals surface area contributed by atoms with Crippen LogP contribution in [0.5, 0.6) is 0 Å². The predicted molar refractivity (Wildman–Crippen MR) is 113 cm³/mol. The number of aromatic nitrogens is 3. The molecule has 2 aliphatic rings. The number of fused-ring (bicyclic) bond motifs is 1. The zero-order valence-electron chi connectivity index (χ0n) is 16.8. The van der Waals surface area contributed by atoms with Gasteiger partial charge in [0.2, 0.25) is 0 Å². The molecule has 3 heterocycles. The van der Waals surface area contributed by atoms with E-state index in [4.69, 9.17) is 5.10 Å². The Balaban J connectivity index is 1.39. The highest BCUT2D eigenvalue weighted by atomic mass is 19.1. The average Bonchev–Trinajstić information content (AvgIpc) is 3.20. The van der Waals surface area contributed by atoms with Crippen LogP contribution in [0.25, 0.3) is 5.69 Å². The summed E-state index contributed by atoms with van der Waals surface area (Å²) >= 11 is 0. The van der Waals surface area contributed by atoms with Gasteiger partial charge in [0, 0.05) is 43.6 Å². The van der Waals surface area contributed by atoms with E-state index in [2.05, 4.69) is 9.88 Å². The van der Waals surface area contributed by atoms with Gasteiger partial charge >= 0.3 is 0 Å². The van der Waals surface area contributed by atoms with Gasteiger partial charge in [-0.15, -0.1) is 0 Å². The Labute approximate surface area is 174 Å². The van der Waals surface area contributed by atoms with Crippen molar-refractivity contribution >= 4 is 11.7 Å². The van der Waals surface area contributed by atoms with Crippen molar-refractivity contribution in [2.24, 2.45) is 0 Å². The molecule has 30 heavy (non-hydrogen) atoms. The Bertz CT molecular complexity index is 1040. The van der Waals surface area contributed by atoms with Crippen molar-refractivity contribution in [3.05, 3.63) is 71.4 Å². The number of carbonyl (C=O) groups excluding carboxylic acids is 1. The fourth-order valence-corrected chi connectivity index (χ4v) is 4.40. The van der Waals surface area contributed by atoms with Gasteiger partial charge in [-0.05, 0) is 62.1 Å². The Morgan fingerprint density at radius 3 is 2.43 bits per heavy atom. The quantitative estimate of drug-likeness (QED) is 0.671. The molecule has 7 heteroatoms. The van der Waals surface area contributed by atoms with Gasteiger partial charge in [0.05, 0.1) is 5.69 Å². The van der Waals surface area contributed by atoms with Crippen LogP contribution < -0.4 is 4.90 Å². The van der Waals surface area contributed by atoms with E-state index < -0.39 is 0 Å². The summed E-state index contributed by atoms with van der Waals surface area (Å²) in [5, 5.41) is 4.72. The molecule has 1 amide bonds. The van der Waals surface area contributed by atoms with Crippen LogP contribution in [-0.2, 0) is 12.8 Å². The topological polar surface area (TPSA) is 54.3 Å². The number of piperazine rings is 1. The van der Waals surface area contributed by atoms with Crippen molar-refractivity contribution in [3.8, 4) is 5.69 Å². The molecule has 0 radical (unpaired) electrons. The second-order valence-electron chi connectivity index (χ2n) is 7.84. The molecule has 2 aromatic heterocycles. The fraction of sp³-hybridized carbons (Fsp3) is 0.348. The highest BCUT2D eigenvalue weighted by Gasteiger charge is 2.30. The van der Waals surface area contributed by atoms with Crippen LogP contribution in [-0.4, -0.2) is 51.8 Å². The van der Waals surface area contributed by atoms with E-state index in [9.17, 15) is 9.18 Å². The third-order valence-electron chi connectivity index (χ3n) is 5.99. The van der Waals surface area contributed by atoms with Crippen molar-refractivity contribution in [2.45, 2.75) is 25.7 Å². The maximum Gasteiger partial charge on any atom is 0.274 e. The first kappa shape index (κ1) is 18.8. The minimum atomic E-state index is -0.276. The van der Waals surface area contributed by atoms with Crippen LogP contribution in [0.4, 0.5) is 10.2 Å². The van der Waals surface area contributed by atoms with Crippen molar-refractivity contribution in [3.63, 3.8) is 0 Å². The normalized spacial score (nSPS) is 16.4. The average molecular weight is 405 g/mol. The molecule has 5 rings (SSSR count). The highest BCUT2D eigenvalue weighted by molar-refractivity contribution is 5.94. The zero-order chi connectivity index (χ0) is 20.5. The number of hydrogen-bond acceptors (Lipinski definition) is 4. The zero-order valence-corrected chi connectivity index (χ0v) is 16.8. The van der Waals surface area contributed by atoms with Crippen LogP contribution in [0, 0.1) is 5.82 Å². The van der Waals surface area contributed by atoms with E-state index in [1.807, 2.05) is 27.8 Å². The number of amides is 1. The smallest absolute Gasteiger partial charge is 0.274 e. The highest BCUT2D eigenvalue weighted by Crippen LogP contribution is 2.28. The molecular formula is C23H24FN5O. The number of carbonyl (C=O) groups is 1. The van der Waals surface area contributed by atoms with Crippen LogP contribution in [0.1, 0.15) is 34.6 Å². The summed E-state index contributed by atoms with van der Waals surface area (Å²) in [5.41, 5.74) is 3.50. The molecule has 3 aromatic rings. The molecule has 6 nitrogen and oxygen atoms in total. The monoisotopic (exact) mass is 405 g/mol. The first-order valence-electron chi connectivity index (χ1n) is 10.5. The number of pyridine rings is 1. The molecule has 1 fully saturated rings. The van der Waals surface area contributed by atoms with E-state index in [0.717, 1.165) is 61.5 Å². The lowest BCUT2D eigenvalue weighted by molar-refractivity contribution is 0.0739. The third-order valence-corrected chi connectivity index (χ3v) is 5.99. The molecule has 0 atom stereocenters. The molecule has 1 saturated heterocycles. The van der Waals surface area contributed by atoms with Gasteiger partial charge in [0.15, 0.2) is 5.69 Å². The van der Waals surface area contributed by atoms with Crippen LogP contribution in [0.15, 0.2) is 48.7 Å². The molecule has 1 aromatic carbocycles. The molecule has 1 aliphatic carbocycles. The van der Waals surface area contributed by atoms with Crippen molar-refractivity contribution in [1.82, 2.24) is 19.7 Å². The van der Waals surface area contributed by atoms with E-state index >= 15 is 0 Å².